The molecule has 1 aliphatic rings. The van der Waals surface area contributed by atoms with Crippen molar-refractivity contribution < 1.29 is 19.5 Å². The van der Waals surface area contributed by atoms with Crippen LogP contribution < -0.4 is 5.32 Å². The Morgan fingerprint density at radius 2 is 1.74 bits per heavy atom. The molecule has 0 bridgehead atoms. The number of rotatable bonds is 5. The number of nitrogens with one attached hydrogen (secondary N) is 1. The van der Waals surface area contributed by atoms with Gasteiger partial charge < -0.3 is 15.3 Å². The lowest BCUT2D eigenvalue weighted by molar-refractivity contribution is -0.120. The molecule has 1 aromatic heterocycles. The van der Waals surface area contributed by atoms with Crippen molar-refractivity contribution in [2.45, 2.75) is 19.0 Å². The summed E-state index contributed by atoms with van der Waals surface area (Å²) in [5.41, 5.74) is 2.43. The van der Waals surface area contributed by atoms with Gasteiger partial charge in [-0.2, -0.15) is 0 Å². The Hall–Kier alpha value is -3.71. The number of amides is 2. The maximum absolute atomic E-state index is 13.5. The van der Waals surface area contributed by atoms with E-state index in [4.69, 9.17) is 16.7 Å². The fraction of sp³-hybridized carbons (Fsp3) is 0.130. The molecule has 2 heterocycles. The Kier molecular flexibility index (Phi) is 5.68. The fourth-order valence-corrected chi connectivity index (χ4v) is 3.71. The average molecular weight is 436 g/mol. The third-order valence-corrected chi connectivity index (χ3v) is 5.38. The normalized spacial score (nSPS) is 15.8. The number of carboxylic acids is 1. The molecule has 2 amide bonds. The minimum atomic E-state index is -1.03. The van der Waals surface area contributed by atoms with Crippen molar-refractivity contribution in [2.75, 3.05) is 5.32 Å². The van der Waals surface area contributed by atoms with Gasteiger partial charge in [0.2, 0.25) is 5.91 Å². The molecule has 0 spiro atoms. The minimum absolute atomic E-state index is 0.143. The summed E-state index contributed by atoms with van der Waals surface area (Å²) in [4.78, 5) is 43.2. The molecule has 0 saturated heterocycles. The molecule has 7 nitrogen and oxygen atoms in total. The maximum Gasteiger partial charge on any atom is 0.335 e. The van der Waals surface area contributed by atoms with Crippen molar-refractivity contribution in [2.24, 2.45) is 0 Å². The summed E-state index contributed by atoms with van der Waals surface area (Å²) in [7, 11) is 0. The molecular weight excluding hydrogens is 418 g/mol. The number of anilines is 1. The number of benzene rings is 2. The lowest BCUT2D eigenvalue weighted by Crippen LogP contribution is -2.46. The molecule has 0 radical (unpaired) electrons. The second-order valence-corrected chi connectivity index (χ2v) is 7.63. The third kappa shape index (κ3) is 4.41. The standard InChI is InChI=1S/C23H18ClN3O4/c24-17-5-6-18-19(12-17)26-21(28)20(11-14-7-9-25-10-8-14)27(22(18)29)13-15-1-3-16(4-2-15)23(30)31/h1-10,12,20H,11,13H2,(H,26,28)(H,30,31)/t20-/m1/s1. The second-order valence-electron chi connectivity index (χ2n) is 7.19. The monoisotopic (exact) mass is 435 g/mol. The topological polar surface area (TPSA) is 99.6 Å². The number of hydrogen-bond acceptors (Lipinski definition) is 4. The van der Waals surface area contributed by atoms with Gasteiger partial charge in [-0.15, -0.1) is 0 Å². The van der Waals surface area contributed by atoms with Gasteiger partial charge in [0.1, 0.15) is 6.04 Å². The smallest absolute Gasteiger partial charge is 0.335 e. The van der Waals surface area contributed by atoms with E-state index in [0.29, 0.717) is 28.3 Å². The highest BCUT2D eigenvalue weighted by atomic mass is 35.5. The molecular formula is C23H18ClN3O4. The third-order valence-electron chi connectivity index (χ3n) is 5.14. The Bertz CT molecular complexity index is 1150. The Morgan fingerprint density at radius 3 is 2.42 bits per heavy atom. The zero-order valence-corrected chi connectivity index (χ0v) is 17.0. The van der Waals surface area contributed by atoms with E-state index in [1.165, 1.54) is 17.0 Å². The summed E-state index contributed by atoms with van der Waals surface area (Å²) in [6, 6.07) is 13.8. The first-order valence-corrected chi connectivity index (χ1v) is 9.92. The lowest BCUT2D eigenvalue weighted by Gasteiger charge is -2.29. The zero-order valence-electron chi connectivity index (χ0n) is 16.3. The number of carbonyl (C=O) groups is 3. The summed E-state index contributed by atoms with van der Waals surface area (Å²) in [6.07, 6.45) is 3.57. The van der Waals surface area contributed by atoms with Crippen LogP contribution in [0.3, 0.4) is 0 Å². The first-order valence-electron chi connectivity index (χ1n) is 9.55. The van der Waals surface area contributed by atoms with Crippen molar-refractivity contribution in [3.63, 3.8) is 0 Å². The highest BCUT2D eigenvalue weighted by Gasteiger charge is 2.35. The predicted octanol–water partition coefficient (Wildman–Crippen LogP) is 3.64. The van der Waals surface area contributed by atoms with Crippen LogP contribution in [0.1, 0.15) is 31.8 Å². The molecule has 31 heavy (non-hydrogen) atoms. The van der Waals surface area contributed by atoms with Gasteiger partial charge in [0.05, 0.1) is 16.8 Å². The number of fused-ring (bicyclic) bond motifs is 1. The maximum atomic E-state index is 13.5. The largest absolute Gasteiger partial charge is 0.478 e. The summed E-state index contributed by atoms with van der Waals surface area (Å²) in [5.74, 6) is -1.67. The quantitative estimate of drug-likeness (QED) is 0.637. The van der Waals surface area contributed by atoms with Gasteiger partial charge in [-0.1, -0.05) is 23.7 Å². The van der Waals surface area contributed by atoms with Crippen molar-refractivity contribution in [1.82, 2.24) is 9.88 Å². The number of aromatic carboxylic acids is 1. The number of nitrogens with zero attached hydrogens (tertiary/aromatic N) is 2. The van der Waals surface area contributed by atoms with E-state index in [1.54, 1.807) is 54.9 Å². The number of carbonyl (C=O) groups excluding carboxylic acids is 2. The van der Waals surface area contributed by atoms with E-state index < -0.39 is 12.0 Å². The molecule has 2 N–H and O–H groups in total. The van der Waals surface area contributed by atoms with Crippen molar-refractivity contribution in [3.05, 3.63) is 94.3 Å². The predicted molar refractivity (Wildman–Crippen MR) is 115 cm³/mol. The number of halogens is 1. The zero-order chi connectivity index (χ0) is 22.0. The molecule has 0 unspecified atom stereocenters. The molecule has 0 aliphatic carbocycles. The molecule has 0 fully saturated rings. The molecule has 8 heteroatoms. The molecule has 0 saturated carbocycles. The number of hydrogen-bond donors (Lipinski definition) is 2. The highest BCUT2D eigenvalue weighted by molar-refractivity contribution is 6.31. The second kappa shape index (κ2) is 8.57. The van der Waals surface area contributed by atoms with Crippen LogP contribution in [0.15, 0.2) is 67.0 Å². The summed E-state index contributed by atoms with van der Waals surface area (Å²) in [6.45, 7) is 0.143. The van der Waals surface area contributed by atoms with E-state index in [2.05, 4.69) is 10.3 Å². The van der Waals surface area contributed by atoms with E-state index in [1.807, 2.05) is 0 Å². The van der Waals surface area contributed by atoms with Gasteiger partial charge >= 0.3 is 5.97 Å². The molecule has 1 atom stereocenters. The number of pyridine rings is 1. The molecule has 3 aromatic rings. The van der Waals surface area contributed by atoms with Crippen LogP contribution in [-0.2, 0) is 17.8 Å². The van der Waals surface area contributed by atoms with E-state index >= 15 is 0 Å². The molecule has 156 valence electrons. The van der Waals surface area contributed by atoms with E-state index in [9.17, 15) is 14.4 Å². The van der Waals surface area contributed by atoms with Crippen molar-refractivity contribution in [1.29, 1.82) is 0 Å². The molecule has 1 aliphatic heterocycles. The van der Waals surface area contributed by atoms with Gasteiger partial charge in [-0.25, -0.2) is 4.79 Å². The van der Waals surface area contributed by atoms with E-state index in [0.717, 1.165) is 5.56 Å². The van der Waals surface area contributed by atoms with Crippen molar-refractivity contribution >= 4 is 35.1 Å². The van der Waals surface area contributed by atoms with Gasteiger partial charge in [0, 0.05) is 30.4 Å². The highest BCUT2D eigenvalue weighted by Crippen LogP contribution is 2.28. The van der Waals surface area contributed by atoms with Crippen LogP contribution in [-0.4, -0.2) is 38.8 Å². The number of aromatic nitrogens is 1. The van der Waals surface area contributed by atoms with Crippen LogP contribution in [0.2, 0.25) is 5.02 Å². The van der Waals surface area contributed by atoms with E-state index in [-0.39, 0.29) is 23.9 Å². The molecule has 2 aromatic carbocycles. The summed E-state index contributed by atoms with van der Waals surface area (Å²) in [5, 5.41) is 12.4. The SMILES string of the molecule is O=C(O)c1ccc(CN2C(=O)c3ccc(Cl)cc3NC(=O)[C@H]2Cc2ccncc2)cc1. The summed E-state index contributed by atoms with van der Waals surface area (Å²) >= 11 is 6.07. The fourth-order valence-electron chi connectivity index (χ4n) is 3.54. The Morgan fingerprint density at radius 1 is 1.03 bits per heavy atom. The lowest BCUT2D eigenvalue weighted by atomic mass is 10.0. The first kappa shape index (κ1) is 20.6. The van der Waals surface area contributed by atoms with Crippen molar-refractivity contribution in [3.8, 4) is 0 Å². The Balaban J connectivity index is 1.73. The van der Waals surface area contributed by atoms with Crippen LogP contribution in [0.25, 0.3) is 0 Å². The van der Waals surface area contributed by atoms with Gasteiger partial charge in [0.25, 0.3) is 5.91 Å². The Labute approximate surface area is 183 Å². The van der Waals surface area contributed by atoms with Crippen LogP contribution in [0, 0.1) is 0 Å². The van der Waals surface area contributed by atoms with Crippen LogP contribution in [0.4, 0.5) is 5.69 Å². The van der Waals surface area contributed by atoms with Gasteiger partial charge in [0.15, 0.2) is 0 Å². The van der Waals surface area contributed by atoms with Crippen LogP contribution in [0.5, 0.6) is 0 Å². The average Bonchev–Trinajstić information content (AvgIpc) is 2.85. The summed E-state index contributed by atoms with van der Waals surface area (Å²) < 4.78 is 0. The minimum Gasteiger partial charge on any atom is -0.478 e. The number of carboxylic acid groups (broad SMARTS) is 1. The van der Waals surface area contributed by atoms with Gasteiger partial charge in [-0.05, 0) is 53.6 Å². The van der Waals surface area contributed by atoms with Crippen LogP contribution >= 0.6 is 11.6 Å². The first-order chi connectivity index (χ1) is 14.9. The molecule has 4 rings (SSSR count). The van der Waals surface area contributed by atoms with Gasteiger partial charge in [-0.3, -0.25) is 14.6 Å².